The van der Waals surface area contributed by atoms with Gasteiger partial charge in [-0.2, -0.15) is 0 Å². The fourth-order valence-corrected chi connectivity index (χ4v) is 2.70. The van der Waals surface area contributed by atoms with Gasteiger partial charge in [-0.1, -0.05) is 23.2 Å². The van der Waals surface area contributed by atoms with Crippen molar-refractivity contribution in [1.82, 2.24) is 4.98 Å². The van der Waals surface area contributed by atoms with Gasteiger partial charge >= 0.3 is 0 Å². The zero-order valence-electron chi connectivity index (χ0n) is 9.33. The summed E-state index contributed by atoms with van der Waals surface area (Å²) >= 11 is 19.1. The Morgan fingerprint density at radius 3 is 2.83 bits per heavy atom. The maximum absolute atomic E-state index is 5.99. The van der Waals surface area contributed by atoms with Gasteiger partial charge in [0.15, 0.2) is 0 Å². The molecule has 0 N–H and O–H groups in total. The zero-order chi connectivity index (χ0) is 13.0. The van der Waals surface area contributed by atoms with E-state index in [2.05, 4.69) is 4.98 Å². The fraction of sp³-hybridized carbons (Fsp3) is 0.250. The van der Waals surface area contributed by atoms with Crippen LogP contribution in [0.4, 0.5) is 0 Å². The van der Waals surface area contributed by atoms with Gasteiger partial charge < -0.3 is 4.74 Å². The smallest absolute Gasteiger partial charge is 0.139 e. The standard InChI is InChI=1S/C12H10Cl3NOS/c13-6-9-7-18-12(16-9)3-4-17-11-5-8(14)1-2-10(11)15/h1-2,5,7H,3-4,6H2. The molecule has 6 heteroatoms. The molecular formula is C12H10Cl3NOS. The van der Waals surface area contributed by atoms with Crippen LogP contribution in [0.5, 0.6) is 5.75 Å². The van der Waals surface area contributed by atoms with Gasteiger partial charge in [-0.15, -0.1) is 22.9 Å². The maximum atomic E-state index is 5.99. The normalized spacial score (nSPS) is 10.6. The molecular weight excluding hydrogens is 313 g/mol. The van der Waals surface area contributed by atoms with E-state index >= 15 is 0 Å². The van der Waals surface area contributed by atoms with Gasteiger partial charge in [-0.3, -0.25) is 0 Å². The number of halogens is 3. The molecule has 1 aromatic heterocycles. The second-order valence-corrected chi connectivity index (χ2v) is 5.59. The van der Waals surface area contributed by atoms with Crippen LogP contribution in [0.2, 0.25) is 10.0 Å². The van der Waals surface area contributed by atoms with Gasteiger partial charge in [0.05, 0.1) is 28.2 Å². The minimum absolute atomic E-state index is 0.442. The predicted molar refractivity (Wildman–Crippen MR) is 77.3 cm³/mol. The second kappa shape index (κ2) is 6.62. The van der Waals surface area contributed by atoms with Gasteiger partial charge in [0, 0.05) is 22.9 Å². The molecule has 2 nitrogen and oxygen atoms in total. The minimum Gasteiger partial charge on any atom is -0.492 e. The third-order valence-corrected chi connectivity index (χ3v) is 3.98. The van der Waals surface area contributed by atoms with Crippen molar-refractivity contribution < 1.29 is 4.74 Å². The molecule has 0 aliphatic rings. The fourth-order valence-electron chi connectivity index (χ4n) is 1.36. The summed E-state index contributed by atoms with van der Waals surface area (Å²) in [5, 5.41) is 4.12. The van der Waals surface area contributed by atoms with Crippen molar-refractivity contribution in [2.75, 3.05) is 6.61 Å². The highest BCUT2D eigenvalue weighted by molar-refractivity contribution is 7.09. The Labute approximate surface area is 124 Å². The number of alkyl halides is 1. The van der Waals surface area contributed by atoms with Crippen molar-refractivity contribution >= 4 is 46.1 Å². The highest BCUT2D eigenvalue weighted by Crippen LogP contribution is 2.27. The van der Waals surface area contributed by atoms with E-state index in [-0.39, 0.29) is 0 Å². The monoisotopic (exact) mass is 321 g/mol. The number of nitrogens with zero attached hydrogens (tertiary/aromatic N) is 1. The first-order chi connectivity index (χ1) is 8.69. The van der Waals surface area contributed by atoms with Crippen LogP contribution in [0, 0.1) is 0 Å². The van der Waals surface area contributed by atoms with E-state index in [4.69, 9.17) is 39.5 Å². The van der Waals surface area contributed by atoms with Crippen LogP contribution in [0.15, 0.2) is 23.6 Å². The first-order valence-electron chi connectivity index (χ1n) is 5.26. The van der Waals surface area contributed by atoms with Crippen molar-refractivity contribution in [1.29, 1.82) is 0 Å². The van der Waals surface area contributed by atoms with Crippen LogP contribution in [0.3, 0.4) is 0 Å². The Bertz CT molecular complexity index is 530. The lowest BCUT2D eigenvalue weighted by atomic mass is 10.3. The Kier molecular flexibility index (Phi) is 5.13. The van der Waals surface area contributed by atoms with E-state index in [9.17, 15) is 0 Å². The molecule has 0 aliphatic heterocycles. The molecule has 1 aromatic carbocycles. The molecule has 2 aromatic rings. The first kappa shape index (κ1) is 13.9. The highest BCUT2D eigenvalue weighted by Gasteiger charge is 2.04. The van der Waals surface area contributed by atoms with Crippen LogP contribution in [0.1, 0.15) is 10.7 Å². The molecule has 0 saturated carbocycles. The van der Waals surface area contributed by atoms with E-state index < -0.39 is 0 Å². The molecule has 0 saturated heterocycles. The molecule has 1 heterocycles. The third-order valence-electron chi connectivity index (χ3n) is 2.20. The van der Waals surface area contributed by atoms with Crippen molar-refractivity contribution in [3.8, 4) is 5.75 Å². The molecule has 0 spiro atoms. The lowest BCUT2D eigenvalue weighted by Crippen LogP contribution is -2.01. The second-order valence-electron chi connectivity index (χ2n) is 3.54. The molecule has 0 radical (unpaired) electrons. The van der Waals surface area contributed by atoms with Crippen LogP contribution in [-0.2, 0) is 12.3 Å². The molecule has 0 amide bonds. The van der Waals surface area contributed by atoms with E-state index in [1.807, 2.05) is 5.38 Å². The lowest BCUT2D eigenvalue weighted by molar-refractivity contribution is 0.322. The summed E-state index contributed by atoms with van der Waals surface area (Å²) in [7, 11) is 0. The SMILES string of the molecule is ClCc1csc(CCOc2cc(Cl)ccc2Cl)n1. The first-order valence-corrected chi connectivity index (χ1v) is 7.43. The Balaban J connectivity index is 1.90. The number of ether oxygens (including phenoxy) is 1. The minimum atomic E-state index is 0.442. The molecule has 96 valence electrons. The van der Waals surface area contributed by atoms with E-state index in [1.54, 1.807) is 29.5 Å². The van der Waals surface area contributed by atoms with Gasteiger partial charge in [0.25, 0.3) is 0 Å². The summed E-state index contributed by atoms with van der Waals surface area (Å²) in [6.45, 7) is 0.509. The Morgan fingerprint density at radius 1 is 1.28 bits per heavy atom. The molecule has 0 aliphatic carbocycles. The predicted octanol–water partition coefficient (Wildman–Crippen LogP) is 4.81. The number of aromatic nitrogens is 1. The summed E-state index contributed by atoms with van der Waals surface area (Å²) in [6.07, 6.45) is 0.727. The van der Waals surface area contributed by atoms with Gasteiger partial charge in [0.2, 0.25) is 0 Å². The van der Waals surface area contributed by atoms with E-state index in [0.29, 0.717) is 28.3 Å². The van der Waals surface area contributed by atoms with Crippen molar-refractivity contribution in [3.05, 3.63) is 44.3 Å². The lowest BCUT2D eigenvalue weighted by Gasteiger charge is -2.07. The summed E-state index contributed by atoms with van der Waals surface area (Å²) in [5.74, 6) is 1.04. The van der Waals surface area contributed by atoms with E-state index in [1.165, 1.54) is 0 Å². The molecule has 18 heavy (non-hydrogen) atoms. The summed E-state index contributed by atoms with van der Waals surface area (Å²) in [6, 6.07) is 5.15. The topological polar surface area (TPSA) is 22.1 Å². The quantitative estimate of drug-likeness (QED) is 0.737. The van der Waals surface area contributed by atoms with Gasteiger partial charge in [0.1, 0.15) is 5.75 Å². The average molecular weight is 323 g/mol. The average Bonchev–Trinajstić information content (AvgIpc) is 2.81. The summed E-state index contributed by atoms with van der Waals surface area (Å²) < 4.78 is 5.58. The third kappa shape index (κ3) is 3.75. The molecule has 0 atom stereocenters. The molecule has 0 bridgehead atoms. The van der Waals surface area contributed by atoms with Crippen molar-refractivity contribution in [2.45, 2.75) is 12.3 Å². The largest absolute Gasteiger partial charge is 0.492 e. The van der Waals surface area contributed by atoms with Crippen molar-refractivity contribution in [2.24, 2.45) is 0 Å². The van der Waals surface area contributed by atoms with E-state index in [0.717, 1.165) is 17.1 Å². The summed E-state index contributed by atoms with van der Waals surface area (Å²) in [4.78, 5) is 4.35. The van der Waals surface area contributed by atoms with Crippen LogP contribution in [-0.4, -0.2) is 11.6 Å². The Morgan fingerprint density at radius 2 is 2.11 bits per heavy atom. The van der Waals surface area contributed by atoms with Gasteiger partial charge in [-0.05, 0) is 12.1 Å². The molecule has 0 fully saturated rings. The van der Waals surface area contributed by atoms with Crippen LogP contribution in [0.25, 0.3) is 0 Å². The van der Waals surface area contributed by atoms with Crippen LogP contribution >= 0.6 is 46.1 Å². The number of benzene rings is 1. The molecule has 0 unspecified atom stereocenters. The number of rotatable bonds is 5. The number of hydrogen-bond donors (Lipinski definition) is 0. The van der Waals surface area contributed by atoms with Crippen molar-refractivity contribution in [3.63, 3.8) is 0 Å². The zero-order valence-corrected chi connectivity index (χ0v) is 12.4. The number of hydrogen-bond acceptors (Lipinski definition) is 3. The number of thiazole rings is 1. The molecule has 2 rings (SSSR count). The highest BCUT2D eigenvalue weighted by atomic mass is 35.5. The van der Waals surface area contributed by atoms with Crippen LogP contribution < -0.4 is 4.74 Å². The summed E-state index contributed by atoms with van der Waals surface area (Å²) in [5.41, 5.74) is 0.900. The van der Waals surface area contributed by atoms with Gasteiger partial charge in [-0.25, -0.2) is 4.98 Å². The Hall–Kier alpha value is -0.480. The maximum Gasteiger partial charge on any atom is 0.139 e.